The number of fused-ring (bicyclic) bond motifs is 1. The third-order valence-corrected chi connectivity index (χ3v) is 10.4. The molecule has 0 aromatic heterocycles. The number of rotatable bonds is 7. The van der Waals surface area contributed by atoms with Crippen LogP contribution in [-0.4, -0.2) is 104 Å². The van der Waals surface area contributed by atoms with Crippen molar-refractivity contribution in [3.8, 4) is 6.07 Å². The average Bonchev–Trinajstić information content (AvgIpc) is 3.35. The van der Waals surface area contributed by atoms with Crippen LogP contribution in [-0.2, 0) is 19.6 Å². The van der Waals surface area contributed by atoms with Gasteiger partial charge in [0, 0.05) is 44.7 Å². The molecule has 5 fully saturated rings. The van der Waals surface area contributed by atoms with Crippen molar-refractivity contribution in [3.63, 3.8) is 0 Å². The fourth-order valence-electron chi connectivity index (χ4n) is 6.20. The third kappa shape index (κ3) is 4.87. The first-order chi connectivity index (χ1) is 17.0. The van der Waals surface area contributed by atoms with Crippen LogP contribution in [0.3, 0.4) is 0 Å². The maximum Gasteiger partial charge on any atom is 0.327 e. The molecule has 5 rings (SSSR count). The molecule has 3 heterocycles. The van der Waals surface area contributed by atoms with Crippen molar-refractivity contribution in [3.05, 3.63) is 0 Å². The van der Waals surface area contributed by atoms with Crippen LogP contribution in [0.4, 0.5) is 4.79 Å². The molecule has 0 aromatic carbocycles. The first kappa shape index (κ1) is 25.8. The Bertz CT molecular complexity index is 1040. The van der Waals surface area contributed by atoms with E-state index in [-0.39, 0.29) is 55.2 Å². The standard InChI is InChI=1S/C23H37N7O5S/c1-14-20(35-15(2)26-14)12-29-19-5-4-17(36(33,34)27-23(13-24)6-7-23)8-18(19)21(31)30(22(29)32)11-16-9-25-28(3)10-16/h14-20,25-27H,4-12H2,1-3H3. The highest BCUT2D eigenvalue weighted by molar-refractivity contribution is 7.90. The van der Waals surface area contributed by atoms with Gasteiger partial charge in [-0.05, 0) is 46.0 Å². The number of nitrogens with zero attached hydrogens (tertiary/aromatic N) is 4. The number of hydrazine groups is 1. The predicted molar refractivity (Wildman–Crippen MR) is 129 cm³/mol. The molecule has 3 amide bonds. The second kappa shape index (κ2) is 9.49. The van der Waals surface area contributed by atoms with Gasteiger partial charge in [-0.2, -0.15) is 9.98 Å². The summed E-state index contributed by atoms with van der Waals surface area (Å²) in [5.41, 5.74) is 2.22. The van der Waals surface area contributed by atoms with E-state index in [4.69, 9.17) is 4.74 Å². The summed E-state index contributed by atoms with van der Waals surface area (Å²) >= 11 is 0. The molecule has 7 unspecified atom stereocenters. The number of nitrogens with one attached hydrogen (secondary N) is 3. The van der Waals surface area contributed by atoms with Gasteiger partial charge < -0.3 is 9.64 Å². The summed E-state index contributed by atoms with van der Waals surface area (Å²) < 4.78 is 34.9. The number of amides is 3. The van der Waals surface area contributed by atoms with Crippen LogP contribution in [0.5, 0.6) is 0 Å². The molecule has 36 heavy (non-hydrogen) atoms. The topological polar surface area (TPSA) is 147 Å². The van der Waals surface area contributed by atoms with E-state index in [1.54, 1.807) is 4.90 Å². The Morgan fingerprint density at radius 3 is 2.56 bits per heavy atom. The lowest BCUT2D eigenvalue weighted by atomic mass is 9.80. The first-order valence-corrected chi connectivity index (χ1v) is 14.5. The number of carbonyl (C=O) groups is 2. The molecule has 13 heteroatoms. The predicted octanol–water partition coefficient (Wildman–Crippen LogP) is -0.447. The van der Waals surface area contributed by atoms with Gasteiger partial charge in [0.05, 0.1) is 29.9 Å². The Morgan fingerprint density at radius 2 is 1.97 bits per heavy atom. The monoisotopic (exact) mass is 523 g/mol. The number of ether oxygens (including phenoxy) is 1. The van der Waals surface area contributed by atoms with Gasteiger partial charge in [0.25, 0.3) is 0 Å². The molecule has 200 valence electrons. The summed E-state index contributed by atoms with van der Waals surface area (Å²) in [5.74, 6) is -0.798. The lowest BCUT2D eigenvalue weighted by molar-refractivity contribution is -0.141. The molecule has 3 N–H and O–H groups in total. The zero-order chi connectivity index (χ0) is 25.8. The van der Waals surface area contributed by atoms with Crippen molar-refractivity contribution in [2.24, 2.45) is 11.8 Å². The Hall–Kier alpha value is -1.82. The SMILES string of the molecule is CC1NC(C)C(CN2C(=O)N(CC3CNN(C)C3)C(=O)C3CC(S(=O)(=O)NC4(C#N)CC4)CCC32)O1. The van der Waals surface area contributed by atoms with Crippen LogP contribution in [0.2, 0.25) is 0 Å². The number of hydrogen-bond acceptors (Lipinski definition) is 9. The molecule has 3 saturated heterocycles. The number of nitriles is 1. The Morgan fingerprint density at radius 1 is 1.22 bits per heavy atom. The average molecular weight is 524 g/mol. The number of imide groups is 1. The number of urea groups is 1. The summed E-state index contributed by atoms with van der Waals surface area (Å²) in [6.45, 7) is 5.96. The molecule has 0 bridgehead atoms. The molecule has 12 nitrogen and oxygen atoms in total. The van der Waals surface area contributed by atoms with Crippen molar-refractivity contribution in [1.29, 1.82) is 5.26 Å². The summed E-state index contributed by atoms with van der Waals surface area (Å²) in [6.07, 6.45) is 1.56. The lowest BCUT2D eigenvalue weighted by Gasteiger charge is -2.49. The van der Waals surface area contributed by atoms with Crippen LogP contribution >= 0.6 is 0 Å². The van der Waals surface area contributed by atoms with E-state index in [1.807, 2.05) is 25.9 Å². The van der Waals surface area contributed by atoms with Crippen LogP contribution < -0.4 is 15.5 Å². The first-order valence-electron chi connectivity index (χ1n) is 12.9. The van der Waals surface area contributed by atoms with Crippen LogP contribution in [0.1, 0.15) is 46.0 Å². The molecular weight excluding hydrogens is 486 g/mol. The van der Waals surface area contributed by atoms with Crippen molar-refractivity contribution in [2.45, 2.75) is 81.2 Å². The normalized spacial score (nSPS) is 38.8. The second-order valence-corrected chi connectivity index (χ2v) is 13.2. The maximum absolute atomic E-state index is 13.7. The van der Waals surface area contributed by atoms with E-state index in [2.05, 4.69) is 21.5 Å². The minimum Gasteiger partial charge on any atom is -0.357 e. The molecule has 0 radical (unpaired) electrons. The fourth-order valence-corrected chi connectivity index (χ4v) is 8.07. The largest absolute Gasteiger partial charge is 0.357 e. The highest BCUT2D eigenvalue weighted by atomic mass is 32.2. The molecule has 3 aliphatic heterocycles. The smallest absolute Gasteiger partial charge is 0.327 e. The highest BCUT2D eigenvalue weighted by Crippen LogP contribution is 2.40. The number of hydrogen-bond donors (Lipinski definition) is 3. The zero-order valence-corrected chi connectivity index (χ0v) is 22.0. The van der Waals surface area contributed by atoms with Gasteiger partial charge in [0.1, 0.15) is 11.8 Å². The van der Waals surface area contributed by atoms with E-state index in [1.165, 1.54) is 4.90 Å². The van der Waals surface area contributed by atoms with Crippen molar-refractivity contribution in [2.75, 3.05) is 33.2 Å². The molecule has 5 aliphatic rings. The molecular formula is C23H37N7O5S. The van der Waals surface area contributed by atoms with E-state index in [0.29, 0.717) is 45.3 Å². The van der Waals surface area contributed by atoms with Gasteiger partial charge in [-0.25, -0.2) is 18.2 Å². The van der Waals surface area contributed by atoms with Gasteiger partial charge in [-0.15, -0.1) is 0 Å². The summed E-state index contributed by atoms with van der Waals surface area (Å²) in [5, 5.41) is 13.9. The Labute approximate surface area is 212 Å². The molecule has 7 atom stereocenters. The second-order valence-electron chi connectivity index (χ2n) is 11.2. The quantitative estimate of drug-likeness (QED) is 0.404. The van der Waals surface area contributed by atoms with Gasteiger partial charge in [-0.3, -0.25) is 20.4 Å². The van der Waals surface area contributed by atoms with Gasteiger partial charge in [-0.1, -0.05) is 0 Å². The Kier molecular flexibility index (Phi) is 6.80. The van der Waals surface area contributed by atoms with Gasteiger partial charge in [0.2, 0.25) is 15.9 Å². The molecule has 2 saturated carbocycles. The van der Waals surface area contributed by atoms with E-state index < -0.39 is 26.7 Å². The highest BCUT2D eigenvalue weighted by Gasteiger charge is 2.54. The van der Waals surface area contributed by atoms with Crippen LogP contribution in [0.15, 0.2) is 0 Å². The van der Waals surface area contributed by atoms with Crippen molar-refractivity contribution < 1.29 is 22.7 Å². The minimum atomic E-state index is -3.78. The molecule has 2 aliphatic carbocycles. The summed E-state index contributed by atoms with van der Waals surface area (Å²) in [6, 6.07) is 1.45. The zero-order valence-electron chi connectivity index (χ0n) is 21.1. The summed E-state index contributed by atoms with van der Waals surface area (Å²) in [4.78, 5) is 30.5. The molecule has 0 aromatic rings. The van der Waals surface area contributed by atoms with Gasteiger partial charge in [0.15, 0.2) is 0 Å². The Balaban J connectivity index is 1.37. The maximum atomic E-state index is 13.7. The third-order valence-electron chi connectivity index (χ3n) is 8.40. The lowest BCUT2D eigenvalue weighted by Crippen LogP contribution is -2.66. The van der Waals surface area contributed by atoms with Crippen LogP contribution in [0.25, 0.3) is 0 Å². The minimum absolute atomic E-state index is 0.0478. The molecule has 0 spiro atoms. The van der Waals surface area contributed by atoms with E-state index in [9.17, 15) is 23.3 Å². The van der Waals surface area contributed by atoms with Crippen molar-refractivity contribution in [1.82, 2.24) is 30.3 Å². The van der Waals surface area contributed by atoms with E-state index >= 15 is 0 Å². The fraction of sp³-hybridized carbons (Fsp3) is 0.870. The van der Waals surface area contributed by atoms with E-state index in [0.717, 1.165) is 0 Å². The van der Waals surface area contributed by atoms with Crippen LogP contribution in [0, 0.1) is 23.2 Å². The van der Waals surface area contributed by atoms with Gasteiger partial charge >= 0.3 is 6.03 Å². The van der Waals surface area contributed by atoms with Crippen molar-refractivity contribution >= 4 is 22.0 Å². The number of carbonyl (C=O) groups excluding carboxylic acids is 2. The summed E-state index contributed by atoms with van der Waals surface area (Å²) in [7, 11) is -1.86. The number of sulfonamides is 1.